The van der Waals surface area contributed by atoms with E-state index >= 15 is 0 Å². The molecule has 25 heavy (non-hydrogen) atoms. The average Bonchev–Trinajstić information content (AvgIpc) is 3.11. The number of halogens is 1. The van der Waals surface area contributed by atoms with Gasteiger partial charge in [-0.3, -0.25) is 4.79 Å². The minimum atomic E-state index is -0.515. The van der Waals surface area contributed by atoms with E-state index in [0.29, 0.717) is 31.6 Å². The Labute approximate surface area is 146 Å². The molecular formula is C19H20FN3O2. The molecule has 3 rings (SSSR count). The summed E-state index contributed by atoms with van der Waals surface area (Å²) in [4.78, 5) is 21.7. The molecule has 0 saturated carbocycles. The van der Waals surface area contributed by atoms with Gasteiger partial charge in [0.15, 0.2) is 0 Å². The van der Waals surface area contributed by atoms with E-state index in [1.54, 1.807) is 17.1 Å². The summed E-state index contributed by atoms with van der Waals surface area (Å²) in [6.07, 6.45) is 5.51. The second kappa shape index (κ2) is 7.88. The van der Waals surface area contributed by atoms with Gasteiger partial charge in [-0.2, -0.15) is 9.37 Å². The molecular weight excluding hydrogens is 321 g/mol. The number of aryl methyl sites for hydroxylation is 1. The summed E-state index contributed by atoms with van der Waals surface area (Å²) in [6.45, 7) is 2.82. The topological polar surface area (TPSA) is 55.3 Å². The molecule has 2 aromatic rings. The summed E-state index contributed by atoms with van der Waals surface area (Å²) in [7, 11) is 0. The van der Waals surface area contributed by atoms with E-state index < -0.39 is 5.82 Å². The molecule has 1 fully saturated rings. The Morgan fingerprint density at radius 3 is 2.92 bits per heavy atom. The van der Waals surface area contributed by atoms with Crippen LogP contribution >= 0.6 is 0 Å². The molecule has 5 nitrogen and oxygen atoms in total. The number of amides is 1. The zero-order chi connectivity index (χ0) is 17.6. The highest BCUT2D eigenvalue weighted by atomic mass is 19.1. The Hall–Kier alpha value is -2.76. The normalized spacial score (nSPS) is 17.2. The van der Waals surface area contributed by atoms with Crippen molar-refractivity contribution in [1.82, 2.24) is 14.9 Å². The van der Waals surface area contributed by atoms with Crippen molar-refractivity contribution in [2.24, 2.45) is 0 Å². The Balaban J connectivity index is 1.58. The fraction of sp³-hybridized carbons (Fsp3) is 0.316. The summed E-state index contributed by atoms with van der Waals surface area (Å²) >= 11 is 0. The van der Waals surface area contributed by atoms with Crippen LogP contribution in [-0.4, -0.2) is 40.0 Å². The quantitative estimate of drug-likeness (QED) is 0.785. The fourth-order valence-electron chi connectivity index (χ4n) is 2.74. The highest BCUT2D eigenvalue weighted by Crippen LogP contribution is 2.21. The van der Waals surface area contributed by atoms with E-state index in [1.165, 1.54) is 6.33 Å². The number of rotatable bonds is 5. The maximum atomic E-state index is 14.1. The van der Waals surface area contributed by atoms with Gasteiger partial charge in [0, 0.05) is 19.0 Å². The van der Waals surface area contributed by atoms with Gasteiger partial charge in [0.25, 0.3) is 5.88 Å². The molecule has 6 heteroatoms. The number of carbonyl (C=O) groups is 1. The number of hydrogen-bond donors (Lipinski definition) is 0. The molecule has 1 aromatic heterocycles. The molecule has 1 aliphatic heterocycles. The summed E-state index contributed by atoms with van der Waals surface area (Å²) in [6, 6.07) is 9.64. The van der Waals surface area contributed by atoms with Gasteiger partial charge in [0.05, 0.1) is 12.2 Å². The number of benzene rings is 1. The second-order valence-electron chi connectivity index (χ2n) is 5.85. The summed E-state index contributed by atoms with van der Waals surface area (Å²) in [5.41, 5.74) is 1.31. The molecule has 130 valence electrons. The van der Waals surface area contributed by atoms with E-state index in [9.17, 15) is 9.18 Å². The van der Waals surface area contributed by atoms with Crippen molar-refractivity contribution in [2.75, 3.05) is 13.1 Å². The van der Waals surface area contributed by atoms with Gasteiger partial charge in [0.1, 0.15) is 12.4 Å². The first-order valence-corrected chi connectivity index (χ1v) is 8.35. The minimum Gasteiger partial charge on any atom is -0.470 e. The van der Waals surface area contributed by atoms with Crippen LogP contribution in [0, 0.1) is 5.82 Å². The molecule has 1 aromatic carbocycles. The maximum absolute atomic E-state index is 14.1. The SMILES string of the molecule is CCc1ncnc(O[C@@H]2CCN(C(=O)/C=C/c3ccccc3)C2)c1F. The maximum Gasteiger partial charge on any atom is 0.254 e. The molecule has 0 bridgehead atoms. The zero-order valence-electron chi connectivity index (χ0n) is 14.1. The van der Waals surface area contributed by atoms with Crippen molar-refractivity contribution in [3.63, 3.8) is 0 Å². The summed E-state index contributed by atoms with van der Waals surface area (Å²) in [5.74, 6) is -0.628. The predicted molar refractivity (Wildman–Crippen MR) is 92.5 cm³/mol. The fourth-order valence-corrected chi connectivity index (χ4v) is 2.74. The lowest BCUT2D eigenvalue weighted by Crippen LogP contribution is -2.29. The van der Waals surface area contributed by atoms with Gasteiger partial charge < -0.3 is 9.64 Å². The number of likely N-dealkylation sites (tertiary alicyclic amines) is 1. The zero-order valence-corrected chi connectivity index (χ0v) is 14.1. The number of carbonyl (C=O) groups excluding carboxylic acids is 1. The van der Waals surface area contributed by atoms with Gasteiger partial charge in [-0.15, -0.1) is 0 Å². The number of nitrogens with zero attached hydrogens (tertiary/aromatic N) is 3. The Bertz CT molecular complexity index is 765. The predicted octanol–water partition coefficient (Wildman–Crippen LogP) is 2.87. The van der Waals surface area contributed by atoms with Crippen LogP contribution in [0.4, 0.5) is 4.39 Å². The minimum absolute atomic E-state index is 0.0361. The smallest absolute Gasteiger partial charge is 0.254 e. The lowest BCUT2D eigenvalue weighted by molar-refractivity contribution is -0.125. The molecule has 0 unspecified atom stereocenters. The third-order valence-corrected chi connectivity index (χ3v) is 4.12. The van der Waals surface area contributed by atoms with Gasteiger partial charge in [-0.1, -0.05) is 37.3 Å². The molecule has 0 radical (unpaired) electrons. The van der Waals surface area contributed by atoms with Crippen molar-refractivity contribution in [3.8, 4) is 5.88 Å². The van der Waals surface area contributed by atoms with E-state index in [1.807, 2.05) is 37.3 Å². The van der Waals surface area contributed by atoms with Crippen LogP contribution in [0.2, 0.25) is 0 Å². The highest BCUT2D eigenvalue weighted by Gasteiger charge is 2.28. The largest absolute Gasteiger partial charge is 0.470 e. The van der Waals surface area contributed by atoms with Crippen LogP contribution in [0.5, 0.6) is 5.88 Å². The van der Waals surface area contributed by atoms with Crippen LogP contribution in [0.15, 0.2) is 42.7 Å². The Morgan fingerprint density at radius 2 is 2.16 bits per heavy atom. The monoisotopic (exact) mass is 341 g/mol. The van der Waals surface area contributed by atoms with Crippen LogP contribution in [0.3, 0.4) is 0 Å². The molecule has 1 amide bonds. The highest BCUT2D eigenvalue weighted by molar-refractivity contribution is 5.92. The van der Waals surface area contributed by atoms with Crippen molar-refractivity contribution in [2.45, 2.75) is 25.9 Å². The Kier molecular flexibility index (Phi) is 5.38. The third-order valence-electron chi connectivity index (χ3n) is 4.12. The van der Waals surface area contributed by atoms with E-state index in [4.69, 9.17) is 4.74 Å². The van der Waals surface area contributed by atoms with Crippen molar-refractivity contribution in [3.05, 3.63) is 59.8 Å². The molecule has 0 aliphatic carbocycles. The summed E-state index contributed by atoms with van der Waals surface area (Å²) in [5, 5.41) is 0. The first-order chi connectivity index (χ1) is 12.2. The molecule has 1 saturated heterocycles. The first kappa shape index (κ1) is 17.1. The number of aromatic nitrogens is 2. The lowest BCUT2D eigenvalue weighted by atomic mass is 10.2. The van der Waals surface area contributed by atoms with E-state index in [-0.39, 0.29) is 17.9 Å². The Morgan fingerprint density at radius 1 is 1.36 bits per heavy atom. The molecule has 0 spiro atoms. The van der Waals surface area contributed by atoms with Gasteiger partial charge in [0.2, 0.25) is 11.7 Å². The summed E-state index contributed by atoms with van der Waals surface area (Å²) < 4.78 is 19.8. The first-order valence-electron chi connectivity index (χ1n) is 8.35. The van der Waals surface area contributed by atoms with E-state index in [2.05, 4.69) is 9.97 Å². The van der Waals surface area contributed by atoms with E-state index in [0.717, 1.165) is 5.56 Å². The van der Waals surface area contributed by atoms with Crippen LogP contribution in [0.25, 0.3) is 6.08 Å². The molecule has 1 aliphatic rings. The molecule has 0 N–H and O–H groups in total. The van der Waals surface area contributed by atoms with Crippen molar-refractivity contribution < 1.29 is 13.9 Å². The lowest BCUT2D eigenvalue weighted by Gasteiger charge is -2.16. The van der Waals surface area contributed by atoms with Crippen LogP contribution in [0.1, 0.15) is 24.6 Å². The average molecular weight is 341 g/mol. The number of hydrogen-bond acceptors (Lipinski definition) is 4. The second-order valence-corrected chi connectivity index (χ2v) is 5.85. The third kappa shape index (κ3) is 4.21. The van der Waals surface area contributed by atoms with Crippen molar-refractivity contribution >= 4 is 12.0 Å². The van der Waals surface area contributed by atoms with Gasteiger partial charge in [-0.25, -0.2) is 4.98 Å². The van der Waals surface area contributed by atoms with Crippen LogP contribution < -0.4 is 4.74 Å². The molecule has 1 atom stereocenters. The standard InChI is InChI=1S/C19H20FN3O2/c1-2-16-18(20)19(22-13-21-16)25-15-10-11-23(12-15)17(24)9-8-14-6-4-3-5-7-14/h3-9,13,15H,2,10-12H2,1H3/b9-8+/t15-/m1/s1. The van der Waals surface area contributed by atoms with Gasteiger partial charge >= 0.3 is 0 Å². The molecule has 2 heterocycles. The van der Waals surface area contributed by atoms with Gasteiger partial charge in [-0.05, 0) is 18.1 Å². The number of ether oxygens (including phenoxy) is 1. The van der Waals surface area contributed by atoms with Crippen molar-refractivity contribution in [1.29, 1.82) is 0 Å². The van der Waals surface area contributed by atoms with Crippen LogP contribution in [-0.2, 0) is 11.2 Å².